The highest BCUT2D eigenvalue weighted by Crippen LogP contribution is 2.26. The maximum absolute atomic E-state index is 13.7. The average Bonchev–Trinajstić information content (AvgIpc) is 3.19. The molecular formula is C18H14FN3O2. The van der Waals surface area contributed by atoms with E-state index in [2.05, 4.69) is 15.3 Å². The molecule has 0 aliphatic rings. The second-order valence-electron chi connectivity index (χ2n) is 5.60. The maximum Gasteiger partial charge on any atom is 0.254 e. The Labute approximate surface area is 136 Å². The van der Waals surface area contributed by atoms with Gasteiger partial charge in [0.05, 0.1) is 11.6 Å². The lowest BCUT2D eigenvalue weighted by atomic mass is 10.1. The van der Waals surface area contributed by atoms with Crippen LogP contribution in [0.15, 0.2) is 53.2 Å². The number of rotatable bonds is 3. The first-order valence-corrected chi connectivity index (χ1v) is 7.54. The Morgan fingerprint density at radius 1 is 1.33 bits per heavy atom. The first kappa shape index (κ1) is 14.4. The van der Waals surface area contributed by atoms with Gasteiger partial charge in [-0.25, -0.2) is 9.37 Å². The predicted molar refractivity (Wildman–Crippen MR) is 88.1 cm³/mol. The second-order valence-corrected chi connectivity index (χ2v) is 5.60. The van der Waals surface area contributed by atoms with Crippen molar-refractivity contribution < 1.29 is 13.6 Å². The Morgan fingerprint density at radius 2 is 2.21 bits per heavy atom. The summed E-state index contributed by atoms with van der Waals surface area (Å²) in [6, 6.07) is 9.68. The number of para-hydroxylation sites is 1. The molecule has 0 saturated carbocycles. The molecule has 1 aromatic carbocycles. The minimum atomic E-state index is -0.417. The van der Waals surface area contributed by atoms with Crippen LogP contribution in [0.5, 0.6) is 0 Å². The summed E-state index contributed by atoms with van der Waals surface area (Å²) >= 11 is 0. The number of H-pyrrole nitrogens is 1. The zero-order valence-electron chi connectivity index (χ0n) is 12.8. The van der Waals surface area contributed by atoms with Crippen molar-refractivity contribution in [2.24, 2.45) is 0 Å². The van der Waals surface area contributed by atoms with E-state index in [-0.39, 0.29) is 11.5 Å². The number of carbonyl (C=O) groups is 1. The normalized spacial score (nSPS) is 12.6. The average molecular weight is 323 g/mol. The fourth-order valence-electron chi connectivity index (χ4n) is 2.75. The Balaban J connectivity index is 1.61. The van der Waals surface area contributed by atoms with Crippen molar-refractivity contribution >= 4 is 27.9 Å². The lowest BCUT2D eigenvalue weighted by Crippen LogP contribution is -2.26. The van der Waals surface area contributed by atoms with Gasteiger partial charge in [0.1, 0.15) is 11.4 Å². The molecular weight excluding hydrogens is 309 g/mol. The Kier molecular flexibility index (Phi) is 3.30. The zero-order chi connectivity index (χ0) is 16.7. The summed E-state index contributed by atoms with van der Waals surface area (Å²) in [5, 5.41) is 4.29. The molecule has 0 fully saturated rings. The highest BCUT2D eigenvalue weighted by Gasteiger charge is 2.18. The van der Waals surface area contributed by atoms with Crippen molar-refractivity contribution in [1.29, 1.82) is 0 Å². The number of pyridine rings is 1. The molecule has 0 aliphatic carbocycles. The van der Waals surface area contributed by atoms with Gasteiger partial charge in [0, 0.05) is 23.2 Å². The van der Waals surface area contributed by atoms with Gasteiger partial charge in [0.15, 0.2) is 11.4 Å². The summed E-state index contributed by atoms with van der Waals surface area (Å²) in [6.07, 6.45) is 3.28. The molecule has 5 nitrogen and oxygen atoms in total. The van der Waals surface area contributed by atoms with E-state index in [0.717, 1.165) is 5.39 Å². The molecule has 0 spiro atoms. The molecule has 0 saturated heterocycles. The van der Waals surface area contributed by atoms with Crippen molar-refractivity contribution in [3.05, 3.63) is 65.9 Å². The Hall–Kier alpha value is -3.15. The smallest absolute Gasteiger partial charge is 0.254 e. The highest BCUT2D eigenvalue weighted by molar-refractivity contribution is 6.06. The van der Waals surface area contributed by atoms with Gasteiger partial charge in [0.2, 0.25) is 0 Å². The Bertz CT molecular complexity index is 1050. The number of fused-ring (bicyclic) bond motifs is 2. The summed E-state index contributed by atoms with van der Waals surface area (Å²) in [5.41, 5.74) is 1.36. The molecule has 1 unspecified atom stereocenters. The van der Waals surface area contributed by atoms with Gasteiger partial charge in [0.25, 0.3) is 5.91 Å². The number of aromatic amines is 1. The van der Waals surface area contributed by atoms with E-state index in [1.54, 1.807) is 43.6 Å². The Morgan fingerprint density at radius 3 is 3.04 bits per heavy atom. The summed E-state index contributed by atoms with van der Waals surface area (Å²) in [5.74, 6) is -0.163. The minimum Gasteiger partial charge on any atom is -0.456 e. The summed E-state index contributed by atoms with van der Waals surface area (Å²) in [7, 11) is 0. The van der Waals surface area contributed by atoms with E-state index < -0.39 is 11.9 Å². The van der Waals surface area contributed by atoms with Crippen LogP contribution in [0.3, 0.4) is 0 Å². The number of aromatic nitrogens is 2. The minimum absolute atomic E-state index is 0.199. The molecule has 0 bridgehead atoms. The van der Waals surface area contributed by atoms with Gasteiger partial charge in [-0.2, -0.15) is 0 Å². The number of nitrogens with zero attached hydrogens (tertiary/aromatic N) is 1. The van der Waals surface area contributed by atoms with Crippen LogP contribution in [-0.4, -0.2) is 15.9 Å². The van der Waals surface area contributed by atoms with Crippen LogP contribution in [-0.2, 0) is 0 Å². The van der Waals surface area contributed by atoms with Crippen molar-refractivity contribution in [1.82, 2.24) is 15.3 Å². The van der Waals surface area contributed by atoms with E-state index in [9.17, 15) is 9.18 Å². The predicted octanol–water partition coefficient (Wildman–Crippen LogP) is 3.94. The van der Waals surface area contributed by atoms with E-state index in [4.69, 9.17) is 4.42 Å². The first-order chi connectivity index (χ1) is 11.6. The molecule has 3 heterocycles. The number of furan rings is 1. The number of nitrogens with one attached hydrogen (secondary N) is 2. The topological polar surface area (TPSA) is 70.9 Å². The summed E-state index contributed by atoms with van der Waals surface area (Å²) in [4.78, 5) is 19.6. The first-order valence-electron chi connectivity index (χ1n) is 7.54. The standard InChI is InChI=1S/C18H14FN3O2/c1-10(15-8-11-4-2-6-14(19)16(11)24-15)22-18(23)13-9-21-17-12(13)5-3-7-20-17/h2-10H,1H3,(H,20,21)(H,22,23). The fourth-order valence-corrected chi connectivity index (χ4v) is 2.75. The van der Waals surface area contributed by atoms with Crippen LogP contribution in [0.2, 0.25) is 0 Å². The van der Waals surface area contributed by atoms with Crippen molar-refractivity contribution in [2.75, 3.05) is 0 Å². The summed E-state index contributed by atoms with van der Waals surface area (Å²) < 4.78 is 19.3. The molecule has 120 valence electrons. The number of benzene rings is 1. The monoisotopic (exact) mass is 323 g/mol. The third-order valence-corrected chi connectivity index (χ3v) is 3.99. The van der Waals surface area contributed by atoms with Gasteiger partial charge >= 0.3 is 0 Å². The third-order valence-electron chi connectivity index (χ3n) is 3.99. The number of hydrogen-bond acceptors (Lipinski definition) is 3. The zero-order valence-corrected chi connectivity index (χ0v) is 12.8. The SMILES string of the molecule is CC(NC(=O)c1c[nH]c2ncccc12)c1cc2cccc(F)c2o1. The molecule has 4 rings (SSSR count). The van der Waals surface area contributed by atoms with Crippen LogP contribution in [0, 0.1) is 5.82 Å². The molecule has 3 aromatic heterocycles. The van der Waals surface area contributed by atoms with E-state index in [0.29, 0.717) is 22.4 Å². The largest absolute Gasteiger partial charge is 0.456 e. The number of hydrogen-bond donors (Lipinski definition) is 2. The van der Waals surface area contributed by atoms with Crippen LogP contribution >= 0.6 is 0 Å². The van der Waals surface area contributed by atoms with Crippen molar-refractivity contribution in [3.8, 4) is 0 Å². The van der Waals surface area contributed by atoms with Gasteiger partial charge in [-0.15, -0.1) is 0 Å². The lowest BCUT2D eigenvalue weighted by Gasteiger charge is -2.10. The molecule has 0 radical (unpaired) electrons. The molecule has 0 aliphatic heterocycles. The van der Waals surface area contributed by atoms with Crippen LogP contribution < -0.4 is 5.32 Å². The van der Waals surface area contributed by atoms with Crippen LogP contribution in [0.1, 0.15) is 29.1 Å². The fraction of sp³-hybridized carbons (Fsp3) is 0.111. The van der Waals surface area contributed by atoms with E-state index in [1.807, 2.05) is 6.07 Å². The van der Waals surface area contributed by atoms with Crippen LogP contribution in [0.25, 0.3) is 22.0 Å². The highest BCUT2D eigenvalue weighted by atomic mass is 19.1. The van der Waals surface area contributed by atoms with Gasteiger partial charge in [-0.1, -0.05) is 12.1 Å². The molecule has 1 amide bonds. The van der Waals surface area contributed by atoms with E-state index in [1.165, 1.54) is 6.07 Å². The molecule has 24 heavy (non-hydrogen) atoms. The van der Waals surface area contributed by atoms with Crippen molar-refractivity contribution in [2.45, 2.75) is 13.0 Å². The van der Waals surface area contributed by atoms with Gasteiger partial charge in [-0.05, 0) is 31.2 Å². The van der Waals surface area contributed by atoms with Crippen molar-refractivity contribution in [3.63, 3.8) is 0 Å². The summed E-state index contributed by atoms with van der Waals surface area (Å²) in [6.45, 7) is 1.79. The lowest BCUT2D eigenvalue weighted by molar-refractivity contribution is 0.0937. The molecule has 6 heteroatoms. The number of carbonyl (C=O) groups excluding carboxylic acids is 1. The second kappa shape index (κ2) is 5.49. The molecule has 4 aromatic rings. The van der Waals surface area contributed by atoms with Gasteiger partial charge < -0.3 is 14.7 Å². The third kappa shape index (κ3) is 2.32. The molecule has 2 N–H and O–H groups in total. The number of halogens is 1. The van der Waals surface area contributed by atoms with Crippen LogP contribution in [0.4, 0.5) is 4.39 Å². The quantitative estimate of drug-likeness (QED) is 0.600. The maximum atomic E-state index is 13.7. The van der Waals surface area contributed by atoms with Gasteiger partial charge in [-0.3, -0.25) is 4.79 Å². The molecule has 1 atom stereocenters. The van der Waals surface area contributed by atoms with E-state index >= 15 is 0 Å². The number of amides is 1.